The number of amides is 3. The summed E-state index contributed by atoms with van der Waals surface area (Å²) in [6.45, 7) is 1.86. The number of benzene rings is 1. The molecule has 1 aliphatic heterocycles. The maximum atomic E-state index is 11.7. The molecule has 0 aromatic heterocycles. The molecule has 1 saturated heterocycles. The lowest BCUT2D eigenvalue weighted by Crippen LogP contribution is -2.19. The highest BCUT2D eigenvalue weighted by molar-refractivity contribution is 8.18. The van der Waals surface area contributed by atoms with E-state index in [2.05, 4.69) is 10.6 Å². The number of carbonyl (C=O) groups excluding carboxylic acids is 3. The second kappa shape index (κ2) is 5.05. The highest BCUT2D eigenvalue weighted by atomic mass is 32.2. The lowest BCUT2D eigenvalue weighted by Gasteiger charge is -2.05. The zero-order valence-electron chi connectivity index (χ0n) is 9.52. The number of hydrogen-bond donors (Lipinski definition) is 2. The van der Waals surface area contributed by atoms with E-state index in [-0.39, 0.29) is 4.91 Å². The van der Waals surface area contributed by atoms with Gasteiger partial charge in [-0.1, -0.05) is 18.2 Å². The van der Waals surface area contributed by atoms with Gasteiger partial charge < -0.3 is 5.32 Å². The SMILES string of the molecule is Cc1ccccc1NC(=O)C=C1SC(=O)NC1=O. The third kappa shape index (κ3) is 2.78. The van der Waals surface area contributed by atoms with Crippen LogP contribution in [0.25, 0.3) is 0 Å². The number of hydrogen-bond acceptors (Lipinski definition) is 4. The number of nitrogens with one attached hydrogen (secondary N) is 2. The molecule has 1 aliphatic rings. The van der Waals surface area contributed by atoms with Gasteiger partial charge in [0.1, 0.15) is 0 Å². The van der Waals surface area contributed by atoms with Crippen molar-refractivity contribution in [2.45, 2.75) is 6.92 Å². The molecule has 1 aromatic carbocycles. The molecule has 5 nitrogen and oxygen atoms in total. The number of carbonyl (C=O) groups is 3. The lowest BCUT2D eigenvalue weighted by atomic mass is 10.2. The minimum atomic E-state index is -0.537. The zero-order chi connectivity index (χ0) is 13.1. The van der Waals surface area contributed by atoms with Gasteiger partial charge in [-0.05, 0) is 30.3 Å². The quantitative estimate of drug-likeness (QED) is 0.797. The molecule has 0 spiro atoms. The van der Waals surface area contributed by atoms with Gasteiger partial charge in [-0.25, -0.2) is 0 Å². The van der Waals surface area contributed by atoms with Gasteiger partial charge in [0.15, 0.2) is 0 Å². The second-order valence-corrected chi connectivity index (χ2v) is 4.67. The van der Waals surface area contributed by atoms with Crippen LogP contribution in [0, 0.1) is 6.92 Å². The van der Waals surface area contributed by atoms with Gasteiger partial charge in [0, 0.05) is 11.8 Å². The fraction of sp³-hybridized carbons (Fsp3) is 0.0833. The Morgan fingerprint density at radius 1 is 1.33 bits per heavy atom. The third-order valence-electron chi connectivity index (χ3n) is 2.31. The Morgan fingerprint density at radius 3 is 2.67 bits per heavy atom. The molecule has 0 radical (unpaired) electrons. The van der Waals surface area contributed by atoms with Crippen LogP contribution in [-0.4, -0.2) is 17.1 Å². The van der Waals surface area contributed by atoms with Crippen LogP contribution in [0.15, 0.2) is 35.2 Å². The van der Waals surface area contributed by atoms with Crippen LogP contribution in [0.2, 0.25) is 0 Å². The summed E-state index contributed by atoms with van der Waals surface area (Å²) in [7, 11) is 0. The van der Waals surface area contributed by atoms with Crippen molar-refractivity contribution in [1.82, 2.24) is 5.32 Å². The second-order valence-electron chi connectivity index (χ2n) is 3.66. The highest BCUT2D eigenvalue weighted by Gasteiger charge is 2.25. The van der Waals surface area contributed by atoms with Gasteiger partial charge in [0.05, 0.1) is 4.91 Å². The molecule has 92 valence electrons. The molecule has 2 N–H and O–H groups in total. The zero-order valence-corrected chi connectivity index (χ0v) is 10.3. The molecule has 0 unspecified atom stereocenters. The van der Waals surface area contributed by atoms with E-state index in [1.165, 1.54) is 0 Å². The monoisotopic (exact) mass is 262 g/mol. The van der Waals surface area contributed by atoms with E-state index in [9.17, 15) is 14.4 Å². The molecule has 2 rings (SSSR count). The summed E-state index contributed by atoms with van der Waals surface area (Å²) in [4.78, 5) is 33.9. The molecule has 0 bridgehead atoms. The summed E-state index contributed by atoms with van der Waals surface area (Å²) in [5.41, 5.74) is 1.60. The van der Waals surface area contributed by atoms with Gasteiger partial charge in [-0.3, -0.25) is 19.7 Å². The Labute approximate surface area is 108 Å². The predicted molar refractivity (Wildman–Crippen MR) is 69.0 cm³/mol. The van der Waals surface area contributed by atoms with E-state index in [1.54, 1.807) is 12.1 Å². The first-order valence-electron chi connectivity index (χ1n) is 5.18. The summed E-state index contributed by atoms with van der Waals surface area (Å²) in [6.07, 6.45) is 1.12. The van der Waals surface area contributed by atoms with Gasteiger partial charge in [-0.2, -0.15) is 0 Å². The van der Waals surface area contributed by atoms with Crippen LogP contribution in [-0.2, 0) is 9.59 Å². The molecule has 3 amide bonds. The summed E-state index contributed by atoms with van der Waals surface area (Å²) >= 11 is 0.717. The maximum Gasteiger partial charge on any atom is 0.290 e. The normalized spacial score (nSPS) is 16.8. The Kier molecular flexibility index (Phi) is 3.47. The van der Waals surface area contributed by atoms with Crippen molar-refractivity contribution in [2.75, 3.05) is 5.32 Å². The van der Waals surface area contributed by atoms with Gasteiger partial charge in [0.2, 0.25) is 5.91 Å². The molecule has 0 saturated carbocycles. The average Bonchev–Trinajstić information content (AvgIpc) is 2.61. The van der Waals surface area contributed by atoms with E-state index in [0.717, 1.165) is 23.4 Å². The van der Waals surface area contributed by atoms with Crippen molar-refractivity contribution in [3.8, 4) is 0 Å². The van der Waals surface area contributed by atoms with Crippen LogP contribution >= 0.6 is 11.8 Å². The Bertz CT molecular complexity index is 566. The molecule has 1 heterocycles. The van der Waals surface area contributed by atoms with E-state index < -0.39 is 17.1 Å². The van der Waals surface area contributed by atoms with Crippen LogP contribution in [0.1, 0.15) is 5.56 Å². The fourth-order valence-electron chi connectivity index (χ4n) is 1.42. The topological polar surface area (TPSA) is 75.3 Å². The molecule has 1 fully saturated rings. The van der Waals surface area contributed by atoms with Crippen LogP contribution in [0.3, 0.4) is 0 Å². The molecular formula is C12H10N2O3S. The van der Waals surface area contributed by atoms with E-state index in [4.69, 9.17) is 0 Å². The Balaban J connectivity index is 2.10. The standard InChI is InChI=1S/C12H10N2O3S/c1-7-4-2-3-5-8(7)13-10(15)6-9-11(16)14-12(17)18-9/h2-6H,1H3,(H,13,15)(H,14,16,17). The minimum Gasteiger partial charge on any atom is -0.322 e. The average molecular weight is 262 g/mol. The molecular weight excluding hydrogens is 252 g/mol. The highest BCUT2D eigenvalue weighted by Crippen LogP contribution is 2.23. The molecule has 18 heavy (non-hydrogen) atoms. The van der Waals surface area contributed by atoms with Gasteiger partial charge >= 0.3 is 0 Å². The summed E-state index contributed by atoms with van der Waals surface area (Å²) < 4.78 is 0. The Hall–Kier alpha value is -2.08. The van der Waals surface area contributed by atoms with Crippen molar-refractivity contribution in [3.05, 3.63) is 40.8 Å². The van der Waals surface area contributed by atoms with E-state index >= 15 is 0 Å². The van der Waals surface area contributed by atoms with E-state index in [0.29, 0.717) is 5.69 Å². The first kappa shape index (κ1) is 12.4. The first-order valence-corrected chi connectivity index (χ1v) is 5.99. The van der Waals surface area contributed by atoms with Gasteiger partial charge in [-0.15, -0.1) is 0 Å². The van der Waals surface area contributed by atoms with Crippen LogP contribution in [0.5, 0.6) is 0 Å². The molecule has 1 aromatic rings. The first-order chi connectivity index (χ1) is 8.56. The summed E-state index contributed by atoms with van der Waals surface area (Å²) in [5.74, 6) is -0.971. The van der Waals surface area contributed by atoms with Crippen molar-refractivity contribution < 1.29 is 14.4 Å². The third-order valence-corrected chi connectivity index (χ3v) is 3.12. The summed E-state index contributed by atoms with van der Waals surface area (Å²) in [6, 6.07) is 7.29. The van der Waals surface area contributed by atoms with Crippen LogP contribution in [0.4, 0.5) is 10.5 Å². The Morgan fingerprint density at radius 2 is 2.06 bits per heavy atom. The largest absolute Gasteiger partial charge is 0.322 e. The van der Waals surface area contributed by atoms with Gasteiger partial charge in [0.25, 0.3) is 11.1 Å². The van der Waals surface area contributed by atoms with E-state index in [1.807, 2.05) is 19.1 Å². The fourth-order valence-corrected chi connectivity index (χ4v) is 2.08. The van der Waals surface area contributed by atoms with Crippen molar-refractivity contribution >= 4 is 34.5 Å². The number of anilines is 1. The van der Waals surface area contributed by atoms with Crippen molar-refractivity contribution in [1.29, 1.82) is 0 Å². The molecule has 6 heteroatoms. The number of rotatable bonds is 2. The predicted octanol–water partition coefficient (Wildman–Crippen LogP) is 1.80. The minimum absolute atomic E-state index is 0.103. The number of para-hydroxylation sites is 1. The number of aryl methyl sites for hydroxylation is 1. The lowest BCUT2D eigenvalue weighted by molar-refractivity contribution is -0.116. The van der Waals surface area contributed by atoms with Crippen molar-refractivity contribution in [2.24, 2.45) is 0 Å². The van der Waals surface area contributed by atoms with Crippen LogP contribution < -0.4 is 10.6 Å². The van der Waals surface area contributed by atoms with Crippen molar-refractivity contribution in [3.63, 3.8) is 0 Å². The maximum absolute atomic E-state index is 11.7. The molecule has 0 atom stereocenters. The number of imide groups is 1. The summed E-state index contributed by atoms with van der Waals surface area (Å²) in [5, 5.41) is 4.27. The molecule has 0 aliphatic carbocycles. The smallest absolute Gasteiger partial charge is 0.290 e. The number of thioether (sulfide) groups is 1.